The summed E-state index contributed by atoms with van der Waals surface area (Å²) in [5.41, 5.74) is 4.42. The Morgan fingerprint density at radius 2 is 1.95 bits per heavy atom. The molecule has 0 fully saturated rings. The van der Waals surface area contributed by atoms with Gasteiger partial charge in [-0.15, -0.1) is 0 Å². The molecule has 0 saturated heterocycles. The van der Waals surface area contributed by atoms with Crippen LogP contribution in [0.4, 0.5) is 5.69 Å². The molecule has 0 aliphatic heterocycles. The van der Waals surface area contributed by atoms with Crippen LogP contribution in [0, 0.1) is 10.1 Å². The molecule has 1 aromatic rings. The lowest BCUT2D eigenvalue weighted by Gasteiger charge is -2.23. The second kappa shape index (κ2) is 7.19. The first kappa shape index (κ1) is 17.9. The lowest BCUT2D eigenvalue weighted by Crippen LogP contribution is -2.51. The number of nitro groups is 1. The molecule has 21 heavy (non-hydrogen) atoms. The summed E-state index contributed by atoms with van der Waals surface area (Å²) >= 11 is 6.37. The molecular formula is C12H14Br2N2O5. The summed E-state index contributed by atoms with van der Waals surface area (Å²) < 4.78 is 11.1. The van der Waals surface area contributed by atoms with E-state index in [0.717, 1.165) is 0 Å². The van der Waals surface area contributed by atoms with Crippen LogP contribution in [0.15, 0.2) is 21.1 Å². The molecule has 1 atom stereocenters. The number of carbonyl (C=O) groups is 1. The van der Waals surface area contributed by atoms with Crippen LogP contribution in [-0.2, 0) is 9.53 Å². The number of nitrogens with two attached hydrogens (primary N) is 1. The summed E-state index contributed by atoms with van der Waals surface area (Å²) in [6.45, 7) is 3.24. The molecule has 0 aliphatic rings. The number of nitro benzene ring substituents is 1. The fraction of sp³-hybridized carbons (Fsp3) is 0.417. The monoisotopic (exact) mass is 424 g/mol. The molecule has 0 bridgehead atoms. The lowest BCUT2D eigenvalue weighted by atomic mass is 10.1. The van der Waals surface area contributed by atoms with Crippen LogP contribution in [0.2, 0.25) is 0 Å². The molecule has 116 valence electrons. The van der Waals surface area contributed by atoms with E-state index in [1.807, 2.05) is 0 Å². The second-order valence-corrected chi connectivity index (χ2v) is 6.13. The van der Waals surface area contributed by atoms with E-state index in [4.69, 9.17) is 15.2 Å². The molecule has 0 spiro atoms. The van der Waals surface area contributed by atoms with Crippen LogP contribution in [0.1, 0.15) is 13.8 Å². The van der Waals surface area contributed by atoms with E-state index >= 15 is 0 Å². The van der Waals surface area contributed by atoms with Crippen molar-refractivity contribution in [3.8, 4) is 5.75 Å². The summed E-state index contributed by atoms with van der Waals surface area (Å²) in [7, 11) is 0. The highest BCUT2D eigenvalue weighted by Gasteiger charge is 2.31. The van der Waals surface area contributed by atoms with Crippen molar-refractivity contribution in [3.05, 3.63) is 31.2 Å². The molecule has 9 heteroatoms. The number of nitrogens with zero attached hydrogens (tertiary/aromatic N) is 1. The zero-order chi connectivity index (χ0) is 16.2. The zero-order valence-corrected chi connectivity index (χ0v) is 14.6. The van der Waals surface area contributed by atoms with Crippen LogP contribution in [0.25, 0.3) is 0 Å². The average molecular weight is 426 g/mol. The third-order valence-electron chi connectivity index (χ3n) is 2.45. The van der Waals surface area contributed by atoms with Crippen LogP contribution in [0.3, 0.4) is 0 Å². The molecule has 7 nitrogen and oxygen atoms in total. The Hall–Kier alpha value is -1.19. The van der Waals surface area contributed by atoms with Crippen LogP contribution in [-0.4, -0.2) is 29.6 Å². The third-order valence-corrected chi connectivity index (χ3v) is 3.63. The van der Waals surface area contributed by atoms with Gasteiger partial charge in [0.15, 0.2) is 0 Å². The number of hydrogen-bond donors (Lipinski definition) is 1. The predicted molar refractivity (Wildman–Crippen MR) is 83.2 cm³/mol. The highest BCUT2D eigenvalue weighted by molar-refractivity contribution is 9.11. The maximum Gasteiger partial charge on any atom is 0.329 e. The first-order chi connectivity index (χ1) is 9.69. The first-order valence-electron chi connectivity index (χ1n) is 5.91. The molecule has 1 rings (SSSR count). The number of esters is 1. The molecule has 2 N–H and O–H groups in total. The van der Waals surface area contributed by atoms with Gasteiger partial charge in [-0.3, -0.25) is 10.1 Å². The van der Waals surface area contributed by atoms with Crippen LogP contribution in [0.5, 0.6) is 5.75 Å². The summed E-state index contributed by atoms with van der Waals surface area (Å²) in [5.74, 6) is -0.263. The minimum atomic E-state index is -1.32. The third kappa shape index (κ3) is 4.65. The van der Waals surface area contributed by atoms with Crippen molar-refractivity contribution in [3.63, 3.8) is 0 Å². The topological polar surface area (TPSA) is 105 Å². The molecule has 0 radical (unpaired) electrons. The van der Waals surface area contributed by atoms with Gasteiger partial charge < -0.3 is 15.2 Å². The smallest absolute Gasteiger partial charge is 0.329 e. The fourth-order valence-electron chi connectivity index (χ4n) is 1.37. The van der Waals surface area contributed by atoms with Crippen molar-refractivity contribution < 1.29 is 19.2 Å². The van der Waals surface area contributed by atoms with Gasteiger partial charge in [-0.2, -0.15) is 0 Å². The summed E-state index contributed by atoms with van der Waals surface area (Å²) in [4.78, 5) is 21.9. The van der Waals surface area contributed by atoms with Crippen LogP contribution < -0.4 is 10.5 Å². The number of benzene rings is 1. The van der Waals surface area contributed by atoms with E-state index in [1.54, 1.807) is 6.92 Å². The number of ether oxygens (including phenoxy) is 2. The van der Waals surface area contributed by atoms with Crippen molar-refractivity contribution in [2.45, 2.75) is 19.4 Å². The Morgan fingerprint density at radius 1 is 1.43 bits per heavy atom. The average Bonchev–Trinajstić information content (AvgIpc) is 2.37. The van der Waals surface area contributed by atoms with Gasteiger partial charge in [0.1, 0.15) is 17.9 Å². The summed E-state index contributed by atoms with van der Waals surface area (Å²) in [5, 5.41) is 10.7. The van der Waals surface area contributed by atoms with E-state index in [1.165, 1.54) is 19.1 Å². The molecular weight excluding hydrogens is 412 g/mol. The quantitative estimate of drug-likeness (QED) is 0.426. The van der Waals surface area contributed by atoms with Gasteiger partial charge in [0.25, 0.3) is 5.69 Å². The van der Waals surface area contributed by atoms with Gasteiger partial charge in [-0.25, -0.2) is 4.79 Å². The Kier molecular flexibility index (Phi) is 6.11. The standard InChI is InChI=1S/C12H14Br2N2O5/c1-3-20-11(17)12(2,15)6-21-10-8(13)4-7(16(18)19)5-9(10)14/h4-5H,3,6,15H2,1-2H3. The van der Waals surface area contributed by atoms with E-state index in [9.17, 15) is 14.9 Å². The SMILES string of the molecule is CCOC(=O)C(C)(N)COc1c(Br)cc([N+](=O)[O-])cc1Br. The van der Waals surface area contributed by atoms with Gasteiger partial charge in [-0.05, 0) is 45.7 Å². The van der Waals surface area contributed by atoms with Crippen LogP contribution >= 0.6 is 31.9 Å². The number of halogens is 2. The normalized spacial score (nSPS) is 13.4. The van der Waals surface area contributed by atoms with Gasteiger partial charge in [0.2, 0.25) is 0 Å². The van der Waals surface area contributed by atoms with E-state index < -0.39 is 16.4 Å². The number of rotatable bonds is 6. The fourth-order valence-corrected chi connectivity index (χ4v) is 2.76. The molecule has 0 aliphatic carbocycles. The van der Waals surface area contributed by atoms with Crippen molar-refractivity contribution in [2.75, 3.05) is 13.2 Å². The number of carbonyl (C=O) groups excluding carboxylic acids is 1. The van der Waals surface area contributed by atoms with Crippen molar-refractivity contribution in [1.82, 2.24) is 0 Å². The van der Waals surface area contributed by atoms with E-state index in [-0.39, 0.29) is 18.9 Å². The predicted octanol–water partition coefficient (Wildman–Crippen LogP) is 2.78. The molecule has 1 aromatic carbocycles. The number of non-ortho nitro benzene ring substituents is 1. The van der Waals surface area contributed by atoms with Crippen molar-refractivity contribution in [1.29, 1.82) is 0 Å². The van der Waals surface area contributed by atoms with Gasteiger partial charge in [-0.1, -0.05) is 0 Å². The number of hydrogen-bond acceptors (Lipinski definition) is 6. The maximum atomic E-state index is 11.7. The Balaban J connectivity index is 2.89. The summed E-state index contributed by atoms with van der Waals surface area (Å²) in [6.07, 6.45) is 0. The van der Waals surface area contributed by atoms with Crippen molar-refractivity contribution in [2.24, 2.45) is 5.73 Å². The molecule has 0 heterocycles. The minimum Gasteiger partial charge on any atom is -0.489 e. The van der Waals surface area contributed by atoms with E-state index in [0.29, 0.717) is 14.7 Å². The second-order valence-electron chi connectivity index (χ2n) is 4.42. The molecule has 0 amide bonds. The van der Waals surface area contributed by atoms with Gasteiger partial charge in [0, 0.05) is 12.1 Å². The lowest BCUT2D eigenvalue weighted by molar-refractivity contribution is -0.385. The van der Waals surface area contributed by atoms with Crippen molar-refractivity contribution >= 4 is 43.5 Å². The highest BCUT2D eigenvalue weighted by atomic mass is 79.9. The Morgan fingerprint density at radius 3 is 2.38 bits per heavy atom. The maximum absolute atomic E-state index is 11.7. The van der Waals surface area contributed by atoms with Gasteiger partial charge >= 0.3 is 5.97 Å². The zero-order valence-electron chi connectivity index (χ0n) is 11.4. The largest absolute Gasteiger partial charge is 0.489 e. The minimum absolute atomic E-state index is 0.0954. The summed E-state index contributed by atoms with van der Waals surface area (Å²) in [6, 6.07) is 2.61. The Bertz CT molecular complexity index is 540. The molecule has 1 unspecified atom stereocenters. The molecule has 0 saturated carbocycles. The highest BCUT2D eigenvalue weighted by Crippen LogP contribution is 2.37. The Labute approximate surface area is 138 Å². The molecule has 0 aromatic heterocycles. The van der Waals surface area contributed by atoms with Gasteiger partial charge in [0.05, 0.1) is 20.5 Å². The first-order valence-corrected chi connectivity index (χ1v) is 7.50. The van der Waals surface area contributed by atoms with E-state index in [2.05, 4.69) is 31.9 Å².